The quantitative estimate of drug-likeness (QED) is 0.0148. The van der Waals surface area contributed by atoms with Crippen LogP contribution >= 0.6 is 0 Å². The van der Waals surface area contributed by atoms with E-state index < -0.39 is 20.5 Å². The second kappa shape index (κ2) is 53.7. The number of carbonyl (C=O) groups excluding carboxylic acids is 1. The van der Waals surface area contributed by atoms with Crippen LogP contribution in [0.4, 0.5) is 0 Å². The molecule has 1 aliphatic rings. The number of unbranched alkanes of at least 4 members (excludes halogenated alkanes) is 22. The number of aliphatic hydroxyl groups is 1. The summed E-state index contributed by atoms with van der Waals surface area (Å²) in [6.07, 6.45) is 35.6. The van der Waals surface area contributed by atoms with Crippen molar-refractivity contribution < 1.29 is 17.4 Å². The highest BCUT2D eigenvalue weighted by Crippen LogP contribution is 2.27. The standard InChI is InChI=1S/2C12H25N3.C12H24.C8H6O3.C3H9N3Si.2CH4/c1-3-4-5-6-7-8-9-10-11-12(2)14-15-13;1-2-3-4-5-6-7-8-9-10-11-12-14-15-13;1-3-5-7-9-11-12-10-8-6-4-2;9-7-5-3-1-2-4-6(5)8(10)11-7;1-7(2,3)6-5-4;;/h12H,3-11H2,1-2H3;2-12H2,1H3;3H,1,4-12H2,2H3;1-4,7,9H;1-3H3;2*1H4/i2D;11D;;;;;. The lowest BCUT2D eigenvalue weighted by molar-refractivity contribution is -0.0547. The second-order valence-electron chi connectivity index (χ2n) is 16.3. The number of rotatable bonds is 31. The number of azide groups is 3. The van der Waals surface area contributed by atoms with Crippen molar-refractivity contribution in [3.8, 4) is 0 Å². The summed E-state index contributed by atoms with van der Waals surface area (Å²) in [6, 6.07) is 6.69. The Hall–Kier alpha value is -3.46. The maximum absolute atomic E-state index is 10.9. The molecule has 0 spiro atoms. The Bertz CT molecular complexity index is 1340. The molecule has 3 unspecified atom stereocenters. The van der Waals surface area contributed by atoms with Crippen molar-refractivity contribution in [2.45, 2.75) is 254 Å². The van der Waals surface area contributed by atoms with Crippen molar-refractivity contribution in [1.29, 1.82) is 0 Å². The lowest BCUT2D eigenvalue weighted by Crippen LogP contribution is -2.13. The van der Waals surface area contributed by atoms with Gasteiger partial charge in [0.1, 0.15) is 8.24 Å². The summed E-state index contributed by atoms with van der Waals surface area (Å²) >= 11 is 0. The van der Waals surface area contributed by atoms with E-state index in [2.05, 4.69) is 61.8 Å². The van der Waals surface area contributed by atoms with Gasteiger partial charge in [-0.2, -0.15) is 0 Å². The fourth-order valence-electron chi connectivity index (χ4n) is 5.94. The SMILES string of the molecule is C.C.C=CCCCCCCCCCC.C[Si](C)(C)N=[N+]=[N-].O=C1OC(O)c2ccccc21.[2H]C(CCCCCCCCCC)CN=[N+]=[N-].[2H]CC(CCCCCCCCCC)N=[N+]=[N-]. The molecule has 0 aromatic heterocycles. The van der Waals surface area contributed by atoms with Gasteiger partial charge in [-0.15, -0.1) is 11.4 Å². The molecule has 1 N–H and O–H groups in total. The van der Waals surface area contributed by atoms with Gasteiger partial charge in [0.05, 0.1) is 5.56 Å². The van der Waals surface area contributed by atoms with Gasteiger partial charge in [-0.05, 0) is 53.2 Å². The first-order chi connectivity index (χ1) is 29.9. The molecule has 1 aromatic carbocycles. The van der Waals surface area contributed by atoms with Gasteiger partial charge in [-0.25, -0.2) is 4.79 Å². The third kappa shape index (κ3) is 52.7. The molecule has 0 radical (unpaired) electrons. The highest BCUT2D eigenvalue weighted by atomic mass is 28.3. The molecular formula is C49H97N9O3Si. The van der Waals surface area contributed by atoms with Crippen LogP contribution < -0.4 is 0 Å². The van der Waals surface area contributed by atoms with Crippen molar-refractivity contribution >= 4 is 14.2 Å². The van der Waals surface area contributed by atoms with Crippen molar-refractivity contribution in [3.63, 3.8) is 0 Å². The number of carbonyl (C=O) groups is 1. The van der Waals surface area contributed by atoms with Crippen LogP contribution in [-0.4, -0.2) is 31.9 Å². The third-order valence-electron chi connectivity index (χ3n) is 9.41. The Kier molecular flexibility index (Phi) is 54.4. The summed E-state index contributed by atoms with van der Waals surface area (Å²) in [7, 11) is -1.45. The third-order valence-corrected chi connectivity index (χ3v) is 10.1. The zero-order valence-electron chi connectivity index (χ0n) is 41.1. The largest absolute Gasteiger partial charge is 0.428 e. The normalized spacial score (nSPS) is 13.1. The average molecular weight is 890 g/mol. The van der Waals surface area contributed by atoms with Gasteiger partial charge >= 0.3 is 5.97 Å². The van der Waals surface area contributed by atoms with E-state index in [-0.39, 0.29) is 34.2 Å². The van der Waals surface area contributed by atoms with Gasteiger partial charge in [-0.3, -0.25) is 0 Å². The number of benzene rings is 1. The summed E-state index contributed by atoms with van der Waals surface area (Å²) in [4.78, 5) is 19.0. The van der Waals surface area contributed by atoms with Gasteiger partial charge in [-0.1, -0.05) is 251 Å². The van der Waals surface area contributed by atoms with Crippen LogP contribution in [0.3, 0.4) is 0 Å². The smallest absolute Gasteiger partial charge is 0.341 e. The predicted octanol–water partition coefficient (Wildman–Crippen LogP) is 19.4. The van der Waals surface area contributed by atoms with Crippen molar-refractivity contribution in [3.05, 3.63) is 79.4 Å². The monoisotopic (exact) mass is 890 g/mol. The van der Waals surface area contributed by atoms with Crippen LogP contribution in [0.5, 0.6) is 0 Å². The Labute approximate surface area is 385 Å². The average Bonchev–Trinajstić information content (AvgIpc) is 3.55. The molecule has 360 valence electrons. The summed E-state index contributed by atoms with van der Waals surface area (Å²) in [5, 5.41) is 16.1. The van der Waals surface area contributed by atoms with Crippen molar-refractivity contribution in [2.75, 3.05) is 6.54 Å². The van der Waals surface area contributed by atoms with E-state index >= 15 is 0 Å². The molecule has 0 bridgehead atoms. The number of hydrogen-bond donors (Lipinski definition) is 1. The molecule has 0 saturated carbocycles. The van der Waals surface area contributed by atoms with Crippen molar-refractivity contribution in [1.82, 2.24) is 0 Å². The van der Waals surface area contributed by atoms with Crippen LogP contribution in [0.2, 0.25) is 19.6 Å². The summed E-state index contributed by atoms with van der Waals surface area (Å²) < 4.78 is 22.9. The zero-order chi connectivity index (χ0) is 47.0. The van der Waals surface area contributed by atoms with E-state index in [1.807, 2.05) is 25.7 Å². The number of ether oxygens (including phenoxy) is 1. The minimum atomic E-state index is -1.45. The maximum Gasteiger partial charge on any atom is 0.341 e. The second-order valence-corrected chi connectivity index (χ2v) is 20.9. The van der Waals surface area contributed by atoms with Crippen LogP contribution in [0.1, 0.15) is 247 Å². The summed E-state index contributed by atoms with van der Waals surface area (Å²) in [5.74, 6) is -0.451. The Morgan fingerprint density at radius 2 is 1.19 bits per heavy atom. The minimum absolute atomic E-state index is 0. The molecule has 0 amide bonds. The first-order valence-electron chi connectivity index (χ1n) is 24.6. The van der Waals surface area contributed by atoms with Crippen LogP contribution in [0.25, 0.3) is 31.3 Å². The maximum atomic E-state index is 10.9. The first kappa shape index (κ1) is 62.8. The molecule has 62 heavy (non-hydrogen) atoms. The highest BCUT2D eigenvalue weighted by Gasteiger charge is 2.28. The molecule has 1 heterocycles. The number of esters is 1. The minimum Gasteiger partial charge on any atom is -0.428 e. The van der Waals surface area contributed by atoms with Crippen LogP contribution in [0, 0.1) is 0 Å². The molecule has 1 aliphatic heterocycles. The van der Waals surface area contributed by atoms with Gasteiger partial charge in [0, 0.05) is 30.7 Å². The Balaban J connectivity index is -0.000000230. The van der Waals surface area contributed by atoms with Crippen molar-refractivity contribution in [2.24, 2.45) is 15.0 Å². The number of hydrogen-bond acceptors (Lipinski definition) is 6. The summed E-state index contributed by atoms with van der Waals surface area (Å²) in [6.45, 7) is 17.0. The molecule has 1 aromatic rings. The van der Waals surface area contributed by atoms with Gasteiger partial charge in [0.15, 0.2) is 0 Å². The predicted molar refractivity (Wildman–Crippen MR) is 272 cm³/mol. The fraction of sp³-hybridized carbons (Fsp3) is 0.816. The van der Waals surface area contributed by atoms with Gasteiger partial charge < -0.3 is 9.84 Å². The molecule has 0 fully saturated rings. The van der Waals surface area contributed by atoms with Crippen LogP contribution in [0.15, 0.2) is 51.9 Å². The number of cyclic esters (lactones) is 1. The van der Waals surface area contributed by atoms with E-state index in [1.54, 1.807) is 24.3 Å². The molecule has 2 rings (SSSR count). The Morgan fingerprint density at radius 3 is 1.58 bits per heavy atom. The summed E-state index contributed by atoms with van der Waals surface area (Å²) in [5.41, 5.74) is 25.3. The molecule has 12 nitrogen and oxygen atoms in total. The van der Waals surface area contributed by atoms with E-state index in [0.717, 1.165) is 25.7 Å². The Morgan fingerprint density at radius 1 is 0.742 bits per heavy atom. The number of nitrogens with zero attached hydrogens (tertiary/aromatic N) is 9. The zero-order valence-corrected chi connectivity index (χ0v) is 40.1. The highest BCUT2D eigenvalue weighted by molar-refractivity contribution is 6.74. The lowest BCUT2D eigenvalue weighted by Gasteiger charge is -2.04. The van der Waals surface area contributed by atoms with E-state index in [4.69, 9.17) is 24.4 Å². The molecule has 3 atom stereocenters. The van der Waals surface area contributed by atoms with Crippen LogP contribution in [-0.2, 0) is 4.74 Å². The van der Waals surface area contributed by atoms with E-state index in [9.17, 15) is 4.79 Å². The fourth-order valence-corrected chi connectivity index (χ4v) is 6.20. The van der Waals surface area contributed by atoms with Gasteiger partial charge in [0.25, 0.3) is 0 Å². The molecule has 0 aliphatic carbocycles. The number of fused-ring (bicyclic) bond motifs is 1. The number of aliphatic hydroxyl groups excluding tert-OH is 1. The molecule has 13 heteroatoms. The molecular weight excluding hydrogens is 791 g/mol. The lowest BCUT2D eigenvalue weighted by atomic mass is 10.1. The van der Waals surface area contributed by atoms with E-state index in [1.165, 1.54) is 148 Å². The van der Waals surface area contributed by atoms with Gasteiger partial charge in [0.2, 0.25) is 6.29 Å². The molecule has 0 saturated heterocycles. The first-order valence-corrected chi connectivity index (χ1v) is 26.8. The van der Waals surface area contributed by atoms with E-state index in [0.29, 0.717) is 17.7 Å². The topological polar surface area (TPSA) is 193 Å². The number of allylic oxidation sites excluding steroid dienone is 1.